The third-order valence-electron chi connectivity index (χ3n) is 3.97. The molecule has 1 unspecified atom stereocenters. The Hall–Kier alpha value is -0.910. The Morgan fingerprint density at radius 3 is 3.11 bits per heavy atom. The smallest absolute Gasteiger partial charge is 0.0635 e. The van der Waals surface area contributed by atoms with Gasteiger partial charge in [0.15, 0.2) is 0 Å². The van der Waals surface area contributed by atoms with E-state index < -0.39 is 0 Å². The first kappa shape index (κ1) is 13.1. The van der Waals surface area contributed by atoms with Crippen molar-refractivity contribution in [2.24, 2.45) is 0 Å². The quantitative estimate of drug-likeness (QED) is 0.827. The molecule has 0 spiro atoms. The third-order valence-corrected chi connectivity index (χ3v) is 3.97. The van der Waals surface area contributed by atoms with Gasteiger partial charge in [-0.25, -0.2) is 0 Å². The molecule has 0 bridgehead atoms. The molecule has 0 amide bonds. The summed E-state index contributed by atoms with van der Waals surface area (Å²) in [4.78, 5) is 2.52. The molecular weight excluding hydrogens is 240 g/mol. The Labute approximate surface area is 114 Å². The monoisotopic (exact) mass is 264 g/mol. The maximum absolute atomic E-state index is 5.63. The second kappa shape index (κ2) is 6.03. The standard InChI is InChI=1S/C14H24N4O/c1-2-18-10-12(7-16-18)9-17-5-6-19-11-14(17)8-15-13-3-4-13/h7,10,13-15H,2-6,8-9,11H2,1H3. The molecule has 5 nitrogen and oxygen atoms in total. The molecule has 1 aromatic heterocycles. The van der Waals surface area contributed by atoms with Crippen LogP contribution in [0.2, 0.25) is 0 Å². The van der Waals surface area contributed by atoms with Crippen LogP contribution in [0.15, 0.2) is 12.4 Å². The van der Waals surface area contributed by atoms with Crippen LogP contribution in [-0.2, 0) is 17.8 Å². The van der Waals surface area contributed by atoms with Crippen LogP contribution in [0.25, 0.3) is 0 Å². The SMILES string of the molecule is CCn1cc(CN2CCOCC2CNC2CC2)cn1. The maximum Gasteiger partial charge on any atom is 0.0635 e. The Kier molecular flexibility index (Phi) is 4.15. The van der Waals surface area contributed by atoms with E-state index in [0.717, 1.165) is 45.4 Å². The Morgan fingerprint density at radius 1 is 1.47 bits per heavy atom. The van der Waals surface area contributed by atoms with Gasteiger partial charge in [0.05, 0.1) is 19.4 Å². The summed E-state index contributed by atoms with van der Waals surface area (Å²) in [6.07, 6.45) is 6.83. The van der Waals surface area contributed by atoms with Crippen molar-refractivity contribution in [3.8, 4) is 0 Å². The van der Waals surface area contributed by atoms with Gasteiger partial charge in [0.25, 0.3) is 0 Å². The highest BCUT2D eigenvalue weighted by atomic mass is 16.5. The number of aryl methyl sites for hydroxylation is 1. The molecule has 3 rings (SSSR count). The fraction of sp³-hybridized carbons (Fsp3) is 0.786. The van der Waals surface area contributed by atoms with Crippen LogP contribution in [0, 0.1) is 0 Å². The number of nitrogens with zero attached hydrogens (tertiary/aromatic N) is 3. The van der Waals surface area contributed by atoms with Gasteiger partial charge in [0.1, 0.15) is 0 Å². The van der Waals surface area contributed by atoms with Crippen LogP contribution in [0.4, 0.5) is 0 Å². The predicted octanol–water partition coefficient (Wildman–Crippen LogP) is 0.856. The van der Waals surface area contributed by atoms with Crippen LogP contribution in [0.3, 0.4) is 0 Å². The molecule has 1 N–H and O–H groups in total. The van der Waals surface area contributed by atoms with E-state index in [-0.39, 0.29) is 0 Å². The van der Waals surface area contributed by atoms with E-state index in [0.29, 0.717) is 6.04 Å². The number of ether oxygens (including phenoxy) is 1. The van der Waals surface area contributed by atoms with E-state index in [4.69, 9.17) is 4.74 Å². The molecule has 0 aromatic carbocycles. The van der Waals surface area contributed by atoms with Crippen LogP contribution in [0.5, 0.6) is 0 Å². The second-order valence-corrected chi connectivity index (χ2v) is 5.59. The first-order valence-electron chi connectivity index (χ1n) is 7.41. The van der Waals surface area contributed by atoms with Crippen molar-refractivity contribution in [2.45, 2.75) is 44.9 Å². The van der Waals surface area contributed by atoms with Crippen molar-refractivity contribution in [3.05, 3.63) is 18.0 Å². The average molecular weight is 264 g/mol. The predicted molar refractivity (Wildman–Crippen MR) is 73.9 cm³/mol. The van der Waals surface area contributed by atoms with Gasteiger partial charge >= 0.3 is 0 Å². The number of rotatable bonds is 6. The maximum atomic E-state index is 5.63. The summed E-state index contributed by atoms with van der Waals surface area (Å²) < 4.78 is 7.62. The first-order chi connectivity index (χ1) is 9.35. The Bertz CT molecular complexity index is 402. The molecule has 0 radical (unpaired) electrons. The Morgan fingerprint density at radius 2 is 2.37 bits per heavy atom. The number of hydrogen-bond acceptors (Lipinski definition) is 4. The van der Waals surface area contributed by atoms with E-state index in [2.05, 4.69) is 28.4 Å². The lowest BCUT2D eigenvalue weighted by molar-refractivity contribution is -0.0110. The van der Waals surface area contributed by atoms with Gasteiger partial charge in [-0.2, -0.15) is 5.10 Å². The molecule has 5 heteroatoms. The molecule has 1 aromatic rings. The molecule has 1 aliphatic carbocycles. The minimum Gasteiger partial charge on any atom is -0.378 e. The van der Waals surface area contributed by atoms with Crippen molar-refractivity contribution in [3.63, 3.8) is 0 Å². The van der Waals surface area contributed by atoms with Gasteiger partial charge in [-0.3, -0.25) is 9.58 Å². The highest BCUT2D eigenvalue weighted by Gasteiger charge is 2.27. The fourth-order valence-electron chi connectivity index (χ4n) is 2.57. The van der Waals surface area contributed by atoms with E-state index in [1.54, 1.807) is 0 Å². The number of aromatic nitrogens is 2. The third kappa shape index (κ3) is 3.55. The van der Waals surface area contributed by atoms with Crippen molar-refractivity contribution < 1.29 is 4.74 Å². The van der Waals surface area contributed by atoms with Crippen LogP contribution in [-0.4, -0.2) is 53.1 Å². The van der Waals surface area contributed by atoms with Gasteiger partial charge < -0.3 is 10.1 Å². The van der Waals surface area contributed by atoms with Crippen molar-refractivity contribution in [2.75, 3.05) is 26.3 Å². The van der Waals surface area contributed by atoms with Gasteiger partial charge in [0, 0.05) is 50.0 Å². The van der Waals surface area contributed by atoms with Gasteiger partial charge in [-0.1, -0.05) is 0 Å². The molecule has 1 saturated carbocycles. The van der Waals surface area contributed by atoms with Crippen LogP contribution < -0.4 is 5.32 Å². The molecule has 1 saturated heterocycles. The summed E-state index contributed by atoms with van der Waals surface area (Å²) in [6.45, 7) is 7.81. The lowest BCUT2D eigenvalue weighted by Gasteiger charge is -2.35. The minimum atomic E-state index is 0.499. The van der Waals surface area contributed by atoms with E-state index in [1.807, 2.05) is 10.9 Å². The zero-order chi connectivity index (χ0) is 13.1. The van der Waals surface area contributed by atoms with Crippen molar-refractivity contribution in [1.29, 1.82) is 0 Å². The summed E-state index contributed by atoms with van der Waals surface area (Å²) in [5.74, 6) is 0. The summed E-state index contributed by atoms with van der Waals surface area (Å²) in [5, 5.41) is 7.97. The number of hydrogen-bond donors (Lipinski definition) is 1. The topological polar surface area (TPSA) is 42.3 Å². The summed E-state index contributed by atoms with van der Waals surface area (Å²) in [5.41, 5.74) is 1.31. The first-order valence-corrected chi connectivity index (χ1v) is 7.41. The van der Waals surface area contributed by atoms with E-state index in [9.17, 15) is 0 Å². The van der Waals surface area contributed by atoms with Crippen molar-refractivity contribution in [1.82, 2.24) is 20.0 Å². The molecule has 2 fully saturated rings. The largest absolute Gasteiger partial charge is 0.378 e. The molecule has 2 aliphatic rings. The lowest BCUT2D eigenvalue weighted by Crippen LogP contribution is -2.50. The second-order valence-electron chi connectivity index (χ2n) is 5.59. The number of nitrogens with one attached hydrogen (secondary N) is 1. The minimum absolute atomic E-state index is 0.499. The zero-order valence-electron chi connectivity index (χ0n) is 11.7. The zero-order valence-corrected chi connectivity index (χ0v) is 11.7. The normalized spacial score (nSPS) is 24.8. The molecular formula is C14H24N4O. The molecule has 1 aliphatic heterocycles. The molecule has 106 valence electrons. The van der Waals surface area contributed by atoms with Gasteiger partial charge in [-0.15, -0.1) is 0 Å². The highest BCUT2D eigenvalue weighted by molar-refractivity contribution is 5.04. The van der Waals surface area contributed by atoms with Gasteiger partial charge in [0.2, 0.25) is 0 Å². The van der Waals surface area contributed by atoms with Crippen molar-refractivity contribution >= 4 is 0 Å². The molecule has 2 heterocycles. The number of morpholine rings is 1. The van der Waals surface area contributed by atoms with Crippen LogP contribution in [0.1, 0.15) is 25.3 Å². The lowest BCUT2D eigenvalue weighted by atomic mass is 10.2. The highest BCUT2D eigenvalue weighted by Crippen LogP contribution is 2.19. The average Bonchev–Trinajstić information content (AvgIpc) is 3.16. The van der Waals surface area contributed by atoms with E-state index >= 15 is 0 Å². The van der Waals surface area contributed by atoms with Crippen LogP contribution >= 0.6 is 0 Å². The fourth-order valence-corrected chi connectivity index (χ4v) is 2.57. The van der Waals surface area contributed by atoms with E-state index in [1.165, 1.54) is 18.4 Å². The Balaban J connectivity index is 1.55. The summed E-state index contributed by atoms with van der Waals surface area (Å²) in [7, 11) is 0. The molecule has 19 heavy (non-hydrogen) atoms. The summed E-state index contributed by atoms with van der Waals surface area (Å²) in [6, 6.07) is 1.27. The van der Waals surface area contributed by atoms with Gasteiger partial charge in [-0.05, 0) is 19.8 Å². The summed E-state index contributed by atoms with van der Waals surface area (Å²) >= 11 is 0. The molecule has 1 atom stereocenters.